The largest absolute Gasteiger partial charge is 0.508 e. The van der Waals surface area contributed by atoms with E-state index in [4.69, 9.17) is 9.36 Å². The average Bonchev–Trinajstić information content (AvgIpc) is 2.88. The Hall–Kier alpha value is -2.46. The second-order valence-electron chi connectivity index (χ2n) is 11.7. The van der Waals surface area contributed by atoms with Gasteiger partial charge in [0.05, 0.1) is 13.2 Å². The fraction of sp³-hybridized carbons (Fsp3) is 0.679. The fourth-order valence-corrected chi connectivity index (χ4v) is 7.15. The Bertz CT molecular complexity index is 1120. The first-order chi connectivity index (χ1) is 18.9. The lowest BCUT2D eigenvalue weighted by Crippen LogP contribution is -2.75. The summed E-state index contributed by atoms with van der Waals surface area (Å²) in [5.41, 5.74) is 0.784. The van der Waals surface area contributed by atoms with Crippen LogP contribution in [0.1, 0.15) is 45.6 Å². The van der Waals surface area contributed by atoms with E-state index < -0.39 is 31.6 Å². The summed E-state index contributed by atoms with van der Waals surface area (Å²) >= 11 is 0. The van der Waals surface area contributed by atoms with Crippen LogP contribution in [0.3, 0.4) is 0 Å². The summed E-state index contributed by atoms with van der Waals surface area (Å²) < 4.78 is 18.4. The quantitative estimate of drug-likeness (QED) is 0.444. The number of phenols is 1. The molecule has 3 aliphatic heterocycles. The molecule has 1 unspecified atom stereocenters. The summed E-state index contributed by atoms with van der Waals surface area (Å²) in [6, 6.07) is 5.70. The predicted octanol–water partition coefficient (Wildman–Crippen LogP) is 2.53. The minimum atomic E-state index is -3.24. The Morgan fingerprint density at radius 1 is 1.15 bits per heavy atom. The van der Waals surface area contributed by atoms with E-state index in [1.165, 1.54) is 16.6 Å². The van der Waals surface area contributed by atoms with Crippen molar-refractivity contribution in [1.82, 2.24) is 19.8 Å². The van der Waals surface area contributed by atoms with Gasteiger partial charge in [0.25, 0.3) is 11.8 Å². The Kier molecular flexibility index (Phi) is 9.60. The minimum Gasteiger partial charge on any atom is -0.508 e. The summed E-state index contributed by atoms with van der Waals surface area (Å²) in [6.07, 6.45) is -0.00896. The van der Waals surface area contributed by atoms with E-state index in [2.05, 4.69) is 4.90 Å². The number of piperidine rings is 1. The maximum atomic E-state index is 14.2. The smallest absolute Gasteiger partial charge is 0.257 e. The zero-order valence-corrected chi connectivity index (χ0v) is 25.1. The molecule has 1 aromatic carbocycles. The van der Waals surface area contributed by atoms with Crippen molar-refractivity contribution >= 4 is 25.1 Å². The van der Waals surface area contributed by atoms with E-state index >= 15 is 0 Å². The van der Waals surface area contributed by atoms with Crippen molar-refractivity contribution in [3.8, 4) is 5.75 Å². The van der Waals surface area contributed by atoms with Gasteiger partial charge in [-0.2, -0.15) is 5.06 Å². The van der Waals surface area contributed by atoms with E-state index in [0.717, 1.165) is 31.5 Å². The van der Waals surface area contributed by atoms with Crippen LogP contribution in [-0.4, -0.2) is 113 Å². The molecule has 1 aromatic rings. The van der Waals surface area contributed by atoms with Crippen LogP contribution in [0, 0.1) is 5.92 Å². The number of piperazine rings is 1. The van der Waals surface area contributed by atoms with Crippen LogP contribution in [0.15, 0.2) is 24.3 Å². The number of amides is 3. The van der Waals surface area contributed by atoms with E-state index in [1.807, 2.05) is 25.8 Å². The zero-order chi connectivity index (χ0) is 29.2. The topological polar surface area (TPSA) is 120 Å². The van der Waals surface area contributed by atoms with E-state index in [0.29, 0.717) is 6.42 Å². The predicted molar refractivity (Wildman–Crippen MR) is 150 cm³/mol. The molecule has 222 valence electrons. The molecule has 0 saturated carbocycles. The average molecular weight is 579 g/mol. The number of hydrogen-bond donors (Lipinski definition) is 1. The number of aromatic hydroxyl groups is 1. The molecule has 0 aliphatic carbocycles. The highest BCUT2D eigenvalue weighted by atomic mass is 31.2. The number of nitrogens with zero attached hydrogens (tertiary/aromatic N) is 4. The number of benzene rings is 1. The number of hydrogen-bond acceptors (Lipinski definition) is 8. The Balaban J connectivity index is 1.73. The third kappa shape index (κ3) is 6.87. The maximum Gasteiger partial charge on any atom is 0.257 e. The number of carbonyl (C=O) groups excluding carboxylic acids is 3. The lowest BCUT2D eigenvalue weighted by Gasteiger charge is -2.55. The molecule has 3 aliphatic rings. The highest BCUT2D eigenvalue weighted by Crippen LogP contribution is 2.43. The molecule has 0 aromatic heterocycles. The van der Waals surface area contributed by atoms with E-state index in [-0.39, 0.29) is 55.3 Å². The van der Waals surface area contributed by atoms with Gasteiger partial charge in [0.15, 0.2) is 12.3 Å². The maximum absolute atomic E-state index is 14.2. The highest BCUT2D eigenvalue weighted by molar-refractivity contribution is 7.59. The highest BCUT2D eigenvalue weighted by Gasteiger charge is 2.54. The summed E-state index contributed by atoms with van der Waals surface area (Å²) in [5.74, 6) is -0.807. The SMILES string of the molecule is CCOP(C)(=O)CC(=O)N1O[C@H](CC(C)C)C(=O)N2[C@@H]1CN(C1CCN(C)CC1)C(=O)[C@@H]2Cc1ccc(O)cc1. The second-order valence-corrected chi connectivity index (χ2v) is 14.3. The molecule has 4 rings (SSSR count). The Labute approximate surface area is 236 Å². The molecule has 11 nitrogen and oxygen atoms in total. The van der Waals surface area contributed by atoms with Crippen molar-refractivity contribution in [2.45, 2.75) is 70.8 Å². The molecule has 40 heavy (non-hydrogen) atoms. The third-order valence-corrected chi connectivity index (χ3v) is 9.53. The lowest BCUT2D eigenvalue weighted by molar-refractivity contribution is -0.276. The van der Waals surface area contributed by atoms with Gasteiger partial charge in [-0.05, 0) is 69.9 Å². The van der Waals surface area contributed by atoms with Crippen LogP contribution in [-0.2, 0) is 34.7 Å². The normalized spacial score (nSPS) is 26.2. The van der Waals surface area contributed by atoms with Gasteiger partial charge in [-0.25, -0.2) is 0 Å². The summed E-state index contributed by atoms with van der Waals surface area (Å²) in [7, 11) is -1.20. The first-order valence-electron chi connectivity index (χ1n) is 14.2. The summed E-state index contributed by atoms with van der Waals surface area (Å²) in [5, 5.41) is 11.0. The van der Waals surface area contributed by atoms with Crippen LogP contribution < -0.4 is 0 Å². The Morgan fingerprint density at radius 3 is 2.40 bits per heavy atom. The van der Waals surface area contributed by atoms with E-state index in [9.17, 15) is 24.1 Å². The van der Waals surface area contributed by atoms with Gasteiger partial charge < -0.3 is 24.3 Å². The summed E-state index contributed by atoms with van der Waals surface area (Å²) in [4.78, 5) is 53.4. The molecular formula is C28H43N4O7P. The molecule has 1 N–H and O–H groups in total. The monoisotopic (exact) mass is 578 g/mol. The fourth-order valence-electron chi connectivity index (χ4n) is 5.89. The van der Waals surface area contributed by atoms with Gasteiger partial charge in [0.2, 0.25) is 13.3 Å². The van der Waals surface area contributed by atoms with Gasteiger partial charge >= 0.3 is 0 Å². The van der Waals surface area contributed by atoms with Crippen LogP contribution in [0.2, 0.25) is 0 Å². The Morgan fingerprint density at radius 2 is 1.80 bits per heavy atom. The molecule has 4 atom stereocenters. The molecule has 3 saturated heterocycles. The number of rotatable bonds is 9. The van der Waals surface area contributed by atoms with Crippen LogP contribution in [0.5, 0.6) is 5.75 Å². The number of likely N-dealkylation sites (tertiary alicyclic amines) is 1. The van der Waals surface area contributed by atoms with E-state index in [1.54, 1.807) is 31.2 Å². The van der Waals surface area contributed by atoms with Crippen molar-refractivity contribution in [3.05, 3.63) is 29.8 Å². The molecule has 0 bridgehead atoms. The lowest BCUT2D eigenvalue weighted by atomic mass is 9.94. The zero-order valence-electron chi connectivity index (χ0n) is 24.2. The molecule has 3 heterocycles. The molecule has 3 fully saturated rings. The van der Waals surface area contributed by atoms with Gasteiger partial charge in [-0.3, -0.25) is 23.8 Å². The number of hydroxylamine groups is 2. The standard InChI is InChI=1S/C28H43N4O7P/c1-6-38-40(5,37)18-26(34)32-25-17-30(21-11-13-29(4)14-12-21)27(35)23(16-20-7-9-22(33)10-8-20)31(25)28(36)24(39-32)15-19(2)3/h7-10,19,21,23-25,33H,6,11-18H2,1-5H3/t23-,24+,25-,40?/m0/s1. The van der Waals surface area contributed by atoms with Crippen LogP contribution >= 0.6 is 7.37 Å². The van der Waals surface area contributed by atoms with Crippen LogP contribution in [0.4, 0.5) is 0 Å². The first kappa shape index (κ1) is 30.5. The van der Waals surface area contributed by atoms with Gasteiger partial charge in [-0.1, -0.05) is 26.0 Å². The van der Waals surface area contributed by atoms with Crippen molar-refractivity contribution in [2.24, 2.45) is 5.92 Å². The summed E-state index contributed by atoms with van der Waals surface area (Å²) in [6.45, 7) is 9.07. The van der Waals surface area contributed by atoms with Gasteiger partial charge in [0, 0.05) is 19.1 Å². The molecule has 0 radical (unpaired) electrons. The minimum absolute atomic E-state index is 0.0330. The molecule has 12 heteroatoms. The van der Waals surface area contributed by atoms with Crippen molar-refractivity contribution < 1.29 is 33.4 Å². The van der Waals surface area contributed by atoms with Crippen molar-refractivity contribution in [3.63, 3.8) is 0 Å². The number of phenolic OH excluding ortho intramolecular Hbond substituents is 1. The molecule has 0 spiro atoms. The van der Waals surface area contributed by atoms with Crippen molar-refractivity contribution in [1.29, 1.82) is 0 Å². The van der Waals surface area contributed by atoms with Gasteiger partial charge in [0.1, 0.15) is 18.0 Å². The third-order valence-electron chi connectivity index (χ3n) is 7.88. The first-order valence-corrected chi connectivity index (χ1v) is 16.4. The van der Waals surface area contributed by atoms with Gasteiger partial charge in [-0.15, -0.1) is 0 Å². The second kappa shape index (κ2) is 12.6. The molecule has 3 amide bonds. The number of fused-ring (bicyclic) bond motifs is 1. The van der Waals surface area contributed by atoms with Crippen LogP contribution in [0.25, 0.3) is 0 Å². The van der Waals surface area contributed by atoms with Crippen molar-refractivity contribution in [2.75, 3.05) is 46.1 Å². The molecular weight excluding hydrogens is 535 g/mol. The number of carbonyl (C=O) groups is 3.